The Hall–Kier alpha value is -3.12. The minimum Gasteiger partial charge on any atom is -0.0622 e. The second-order valence-corrected chi connectivity index (χ2v) is 7.41. The van der Waals surface area contributed by atoms with Crippen molar-refractivity contribution in [3.05, 3.63) is 144 Å². The van der Waals surface area contributed by atoms with E-state index >= 15 is 0 Å². The number of rotatable bonds is 7. The summed E-state index contributed by atoms with van der Waals surface area (Å²) in [5.74, 6) is 0.845. The number of hydrogen-bond acceptors (Lipinski definition) is 0. The molecule has 0 bridgehead atoms. The van der Waals surface area contributed by atoms with E-state index in [-0.39, 0.29) is 0 Å². The quantitative estimate of drug-likeness (QED) is 0.331. The topological polar surface area (TPSA) is 0 Å². The van der Waals surface area contributed by atoms with Crippen LogP contribution in [0.5, 0.6) is 0 Å². The summed E-state index contributed by atoms with van der Waals surface area (Å²) >= 11 is 0. The van der Waals surface area contributed by atoms with Gasteiger partial charge in [0.15, 0.2) is 0 Å². The van der Waals surface area contributed by atoms with Crippen LogP contribution in [0.25, 0.3) is 0 Å². The molecule has 4 aromatic carbocycles. The Morgan fingerprint density at radius 1 is 0.357 bits per heavy atom. The molecule has 138 valence electrons. The van der Waals surface area contributed by atoms with Gasteiger partial charge in [0.25, 0.3) is 0 Å². The minimum atomic E-state index is 0.422. The fraction of sp³-hybridized carbons (Fsp3) is 0.143. The van der Waals surface area contributed by atoms with Crippen LogP contribution in [0.3, 0.4) is 0 Å². The molecule has 0 amide bonds. The Bertz CT molecular complexity index is 861. The first-order chi connectivity index (χ1) is 13.9. The summed E-state index contributed by atoms with van der Waals surface area (Å²) in [6, 6.07) is 43.8. The lowest BCUT2D eigenvalue weighted by Crippen LogP contribution is -2.17. The molecule has 0 aliphatic heterocycles. The van der Waals surface area contributed by atoms with Gasteiger partial charge in [0.2, 0.25) is 0 Å². The van der Waals surface area contributed by atoms with Crippen LogP contribution >= 0.6 is 0 Å². The monoisotopic (exact) mass is 362 g/mol. The van der Waals surface area contributed by atoms with E-state index in [9.17, 15) is 0 Å². The zero-order valence-electron chi connectivity index (χ0n) is 16.1. The Balaban J connectivity index is 1.76. The van der Waals surface area contributed by atoms with Crippen molar-refractivity contribution in [1.29, 1.82) is 0 Å². The molecule has 4 rings (SSSR count). The van der Waals surface area contributed by atoms with Gasteiger partial charge in [-0.15, -0.1) is 0 Å². The predicted octanol–water partition coefficient (Wildman–Crippen LogP) is 7.04. The Morgan fingerprint density at radius 3 is 0.964 bits per heavy atom. The molecule has 0 aliphatic rings. The van der Waals surface area contributed by atoms with Gasteiger partial charge < -0.3 is 0 Å². The molecular formula is C28H26. The van der Waals surface area contributed by atoms with Gasteiger partial charge in [-0.1, -0.05) is 121 Å². The standard InChI is InChI=1S/C28H26/c1-5-13-23(14-6-1)21-27(25-17-9-3-10-18-25)28(26-19-11-4-12-20-26)22-24-15-7-2-8-16-24/h1-20,27-28H,21-22H2/t27-,28-/m1/s1. The Kier molecular flexibility index (Phi) is 5.99. The lowest BCUT2D eigenvalue weighted by atomic mass is 9.75. The molecule has 0 aromatic heterocycles. The predicted molar refractivity (Wildman–Crippen MR) is 119 cm³/mol. The molecule has 0 spiro atoms. The lowest BCUT2D eigenvalue weighted by Gasteiger charge is -2.29. The third kappa shape index (κ3) is 4.58. The zero-order valence-corrected chi connectivity index (χ0v) is 16.1. The van der Waals surface area contributed by atoms with Crippen molar-refractivity contribution in [2.45, 2.75) is 24.7 Å². The first-order valence-electron chi connectivity index (χ1n) is 10.1. The molecule has 28 heavy (non-hydrogen) atoms. The molecule has 0 fully saturated rings. The van der Waals surface area contributed by atoms with E-state index < -0.39 is 0 Å². The van der Waals surface area contributed by atoms with Gasteiger partial charge in [-0.05, 0) is 46.9 Å². The molecule has 0 radical (unpaired) electrons. The zero-order chi connectivity index (χ0) is 19.0. The SMILES string of the molecule is c1ccc(C[C@H](c2ccccc2)[C@H](Cc2ccccc2)c2ccccc2)cc1. The summed E-state index contributed by atoms with van der Waals surface area (Å²) in [5.41, 5.74) is 5.61. The Morgan fingerprint density at radius 2 is 0.643 bits per heavy atom. The van der Waals surface area contributed by atoms with Crippen molar-refractivity contribution in [2.24, 2.45) is 0 Å². The molecule has 0 heterocycles. The smallest absolute Gasteiger partial charge is 0.00494 e. The molecule has 4 aromatic rings. The minimum absolute atomic E-state index is 0.422. The summed E-state index contributed by atoms with van der Waals surface area (Å²) in [6.07, 6.45) is 2.08. The fourth-order valence-electron chi connectivity index (χ4n) is 4.12. The molecule has 0 N–H and O–H groups in total. The molecular weight excluding hydrogens is 336 g/mol. The van der Waals surface area contributed by atoms with E-state index in [2.05, 4.69) is 121 Å². The van der Waals surface area contributed by atoms with Crippen LogP contribution in [0.1, 0.15) is 34.1 Å². The van der Waals surface area contributed by atoms with Gasteiger partial charge in [0, 0.05) is 0 Å². The van der Waals surface area contributed by atoms with Gasteiger partial charge >= 0.3 is 0 Å². The van der Waals surface area contributed by atoms with Crippen LogP contribution in [-0.4, -0.2) is 0 Å². The highest BCUT2D eigenvalue weighted by Gasteiger charge is 2.25. The highest BCUT2D eigenvalue weighted by Crippen LogP contribution is 2.38. The van der Waals surface area contributed by atoms with Crippen LogP contribution in [0.2, 0.25) is 0 Å². The highest BCUT2D eigenvalue weighted by molar-refractivity contribution is 5.33. The van der Waals surface area contributed by atoms with Crippen molar-refractivity contribution >= 4 is 0 Å². The third-order valence-corrected chi connectivity index (χ3v) is 5.54. The van der Waals surface area contributed by atoms with Crippen LogP contribution in [0, 0.1) is 0 Å². The number of benzene rings is 4. The normalized spacial score (nSPS) is 13.0. The first kappa shape index (κ1) is 18.3. The Labute approximate surface area is 168 Å². The summed E-state index contributed by atoms with van der Waals surface area (Å²) in [7, 11) is 0. The molecule has 0 saturated carbocycles. The van der Waals surface area contributed by atoms with E-state index in [4.69, 9.17) is 0 Å². The van der Waals surface area contributed by atoms with Crippen LogP contribution in [0.4, 0.5) is 0 Å². The second kappa shape index (κ2) is 9.19. The van der Waals surface area contributed by atoms with Gasteiger partial charge in [0.1, 0.15) is 0 Å². The van der Waals surface area contributed by atoms with Gasteiger partial charge in [-0.3, -0.25) is 0 Å². The summed E-state index contributed by atoms with van der Waals surface area (Å²) in [6.45, 7) is 0. The fourth-order valence-corrected chi connectivity index (χ4v) is 4.12. The van der Waals surface area contributed by atoms with Crippen LogP contribution in [0.15, 0.2) is 121 Å². The summed E-state index contributed by atoms with van der Waals surface area (Å²) in [5, 5.41) is 0. The van der Waals surface area contributed by atoms with Crippen molar-refractivity contribution in [3.8, 4) is 0 Å². The largest absolute Gasteiger partial charge is 0.0622 e. The van der Waals surface area contributed by atoms with E-state index in [0.29, 0.717) is 11.8 Å². The van der Waals surface area contributed by atoms with E-state index in [1.54, 1.807) is 0 Å². The molecule has 0 heteroatoms. The maximum atomic E-state index is 2.29. The van der Waals surface area contributed by atoms with Crippen molar-refractivity contribution in [3.63, 3.8) is 0 Å². The highest BCUT2D eigenvalue weighted by atomic mass is 14.3. The van der Waals surface area contributed by atoms with Gasteiger partial charge in [-0.2, -0.15) is 0 Å². The van der Waals surface area contributed by atoms with Crippen molar-refractivity contribution in [2.75, 3.05) is 0 Å². The van der Waals surface area contributed by atoms with E-state index in [0.717, 1.165) is 12.8 Å². The molecule has 0 nitrogen and oxygen atoms in total. The van der Waals surface area contributed by atoms with Crippen molar-refractivity contribution in [1.82, 2.24) is 0 Å². The first-order valence-corrected chi connectivity index (χ1v) is 10.1. The third-order valence-electron chi connectivity index (χ3n) is 5.54. The van der Waals surface area contributed by atoms with Gasteiger partial charge in [0.05, 0.1) is 0 Å². The van der Waals surface area contributed by atoms with E-state index in [1.807, 2.05) is 0 Å². The van der Waals surface area contributed by atoms with Crippen molar-refractivity contribution < 1.29 is 0 Å². The molecule has 0 aliphatic carbocycles. The lowest BCUT2D eigenvalue weighted by molar-refractivity contribution is 0.531. The molecule has 0 unspecified atom stereocenters. The van der Waals surface area contributed by atoms with Crippen LogP contribution < -0.4 is 0 Å². The maximum absolute atomic E-state index is 2.29. The molecule has 0 saturated heterocycles. The van der Waals surface area contributed by atoms with E-state index in [1.165, 1.54) is 22.3 Å². The van der Waals surface area contributed by atoms with Gasteiger partial charge in [-0.25, -0.2) is 0 Å². The average Bonchev–Trinajstić information content (AvgIpc) is 2.79. The molecule has 2 atom stereocenters. The summed E-state index contributed by atoms with van der Waals surface area (Å²) in [4.78, 5) is 0. The average molecular weight is 363 g/mol. The van der Waals surface area contributed by atoms with Crippen LogP contribution in [-0.2, 0) is 12.8 Å². The second-order valence-electron chi connectivity index (χ2n) is 7.41. The summed E-state index contributed by atoms with van der Waals surface area (Å²) < 4.78 is 0. The maximum Gasteiger partial charge on any atom is -0.00494 e. The number of hydrogen-bond donors (Lipinski definition) is 0.